The third-order valence-corrected chi connectivity index (χ3v) is 3.60. The van der Waals surface area contributed by atoms with Crippen LogP contribution in [-0.2, 0) is 20.5 Å². The highest BCUT2D eigenvalue weighted by Gasteiger charge is 2.16. The Balaban J connectivity index is 2.19. The number of nitrogens with zero attached hydrogens (tertiary/aromatic N) is 3. The summed E-state index contributed by atoms with van der Waals surface area (Å²) in [7, 11) is 2.79. The number of nitrogens with one attached hydrogen (secondary N) is 1. The predicted octanol–water partition coefficient (Wildman–Crippen LogP) is -0.0288. The zero-order valence-electron chi connectivity index (χ0n) is 13.0. The van der Waals surface area contributed by atoms with Crippen molar-refractivity contribution in [2.45, 2.75) is 12.5 Å². The van der Waals surface area contributed by atoms with Gasteiger partial charge in [0.1, 0.15) is 11.9 Å². The molecule has 0 saturated carbocycles. The van der Waals surface area contributed by atoms with E-state index in [-0.39, 0.29) is 17.9 Å². The van der Waals surface area contributed by atoms with Gasteiger partial charge in [0.2, 0.25) is 0 Å². The minimum absolute atomic E-state index is 0.115. The molecular weight excluding hydrogens is 296 g/mol. The molecule has 0 aliphatic heterocycles. The van der Waals surface area contributed by atoms with Crippen molar-refractivity contribution in [2.75, 3.05) is 11.9 Å². The van der Waals surface area contributed by atoms with E-state index in [0.717, 1.165) is 10.1 Å². The molecule has 0 aliphatic carbocycles. The van der Waals surface area contributed by atoms with Gasteiger partial charge in [-0.2, -0.15) is 5.26 Å². The summed E-state index contributed by atoms with van der Waals surface area (Å²) in [6.07, 6.45) is -0.294. The van der Waals surface area contributed by atoms with Crippen LogP contribution in [0.15, 0.2) is 39.9 Å². The third kappa shape index (κ3) is 3.49. The second kappa shape index (κ2) is 6.94. The first kappa shape index (κ1) is 16.5. The van der Waals surface area contributed by atoms with E-state index >= 15 is 0 Å². The Morgan fingerprint density at radius 2 is 1.87 bits per heavy atom. The standard InChI is InChI=1S/C16H18N4O3/c1-19-14(13(9-17)15(22)20(2)16(19)23)18-10-12(21)8-11-6-4-3-5-7-11/h3-7,12,18,21H,8,10H2,1-2H3. The molecule has 2 rings (SSSR count). The number of benzene rings is 1. The molecule has 1 heterocycles. The Labute approximate surface area is 133 Å². The fraction of sp³-hybridized carbons (Fsp3) is 0.312. The maximum absolute atomic E-state index is 12.0. The van der Waals surface area contributed by atoms with Crippen molar-refractivity contribution in [1.29, 1.82) is 5.26 Å². The zero-order chi connectivity index (χ0) is 17.0. The van der Waals surface area contributed by atoms with Crippen LogP contribution in [-0.4, -0.2) is 26.9 Å². The predicted molar refractivity (Wildman–Crippen MR) is 86.3 cm³/mol. The van der Waals surface area contributed by atoms with Crippen molar-refractivity contribution in [2.24, 2.45) is 14.1 Å². The quantitative estimate of drug-likeness (QED) is 0.807. The number of aliphatic hydroxyl groups is 1. The maximum Gasteiger partial charge on any atom is 0.332 e. The van der Waals surface area contributed by atoms with E-state index < -0.39 is 17.4 Å². The summed E-state index contributed by atoms with van der Waals surface area (Å²) in [5.74, 6) is 0.118. The number of hydrogen-bond donors (Lipinski definition) is 2. The van der Waals surface area contributed by atoms with Crippen LogP contribution in [0.25, 0.3) is 0 Å². The van der Waals surface area contributed by atoms with E-state index in [4.69, 9.17) is 5.26 Å². The van der Waals surface area contributed by atoms with E-state index in [9.17, 15) is 14.7 Å². The van der Waals surface area contributed by atoms with Crippen LogP contribution in [0.3, 0.4) is 0 Å². The summed E-state index contributed by atoms with van der Waals surface area (Å²) >= 11 is 0. The van der Waals surface area contributed by atoms with Crippen molar-refractivity contribution < 1.29 is 5.11 Å². The average molecular weight is 314 g/mol. The minimum atomic E-state index is -0.719. The molecule has 0 bridgehead atoms. The van der Waals surface area contributed by atoms with Crippen LogP contribution in [0.2, 0.25) is 0 Å². The molecule has 0 spiro atoms. The first-order valence-corrected chi connectivity index (χ1v) is 7.11. The minimum Gasteiger partial charge on any atom is -0.391 e. The van der Waals surface area contributed by atoms with Gasteiger partial charge in [-0.15, -0.1) is 0 Å². The molecule has 1 unspecified atom stereocenters. The number of nitriles is 1. The molecule has 7 nitrogen and oxygen atoms in total. The molecule has 23 heavy (non-hydrogen) atoms. The van der Waals surface area contributed by atoms with Crippen molar-refractivity contribution in [1.82, 2.24) is 9.13 Å². The molecule has 1 aromatic carbocycles. The molecule has 120 valence electrons. The van der Waals surface area contributed by atoms with Gasteiger partial charge in [0.15, 0.2) is 5.56 Å². The van der Waals surface area contributed by atoms with Crippen molar-refractivity contribution in [3.63, 3.8) is 0 Å². The number of hydrogen-bond acceptors (Lipinski definition) is 5. The van der Waals surface area contributed by atoms with Crippen LogP contribution in [0.4, 0.5) is 5.82 Å². The number of aliphatic hydroxyl groups excluding tert-OH is 1. The number of rotatable bonds is 5. The Kier molecular flexibility index (Phi) is 4.98. The van der Waals surface area contributed by atoms with Gasteiger partial charge in [0.25, 0.3) is 5.56 Å². The monoisotopic (exact) mass is 314 g/mol. The van der Waals surface area contributed by atoms with Crippen LogP contribution >= 0.6 is 0 Å². The lowest BCUT2D eigenvalue weighted by atomic mass is 10.1. The van der Waals surface area contributed by atoms with Crippen LogP contribution in [0.1, 0.15) is 11.1 Å². The topological polar surface area (TPSA) is 100 Å². The first-order valence-electron chi connectivity index (χ1n) is 7.11. The molecule has 0 radical (unpaired) electrons. The number of anilines is 1. The number of aromatic nitrogens is 2. The molecular formula is C16H18N4O3. The fourth-order valence-electron chi connectivity index (χ4n) is 2.32. The molecule has 1 atom stereocenters. The van der Waals surface area contributed by atoms with Crippen molar-refractivity contribution in [3.8, 4) is 6.07 Å². The SMILES string of the molecule is Cn1c(NCC(O)Cc2ccccc2)c(C#N)c(=O)n(C)c1=O. The molecule has 0 fully saturated rings. The maximum atomic E-state index is 12.0. The van der Waals surface area contributed by atoms with E-state index in [2.05, 4.69) is 5.32 Å². The smallest absolute Gasteiger partial charge is 0.332 e. The van der Waals surface area contributed by atoms with Gasteiger partial charge in [-0.05, 0) is 5.56 Å². The van der Waals surface area contributed by atoms with Gasteiger partial charge in [-0.25, -0.2) is 4.79 Å². The normalized spacial score (nSPS) is 11.7. The lowest BCUT2D eigenvalue weighted by Gasteiger charge is -2.16. The summed E-state index contributed by atoms with van der Waals surface area (Å²) in [5, 5.41) is 22.1. The summed E-state index contributed by atoms with van der Waals surface area (Å²) < 4.78 is 2.07. The van der Waals surface area contributed by atoms with Crippen molar-refractivity contribution in [3.05, 3.63) is 62.3 Å². The molecule has 2 N–H and O–H groups in total. The van der Waals surface area contributed by atoms with Gasteiger partial charge in [0.05, 0.1) is 6.10 Å². The van der Waals surface area contributed by atoms with Crippen LogP contribution < -0.4 is 16.6 Å². The molecule has 2 aromatic rings. The van der Waals surface area contributed by atoms with Crippen LogP contribution in [0, 0.1) is 11.3 Å². The Bertz CT molecular complexity index is 847. The second-order valence-corrected chi connectivity index (χ2v) is 5.27. The van der Waals surface area contributed by atoms with Gasteiger partial charge >= 0.3 is 5.69 Å². The largest absolute Gasteiger partial charge is 0.391 e. The summed E-state index contributed by atoms with van der Waals surface area (Å²) in [6, 6.07) is 11.3. The van der Waals surface area contributed by atoms with E-state index in [0.29, 0.717) is 6.42 Å². The molecule has 1 aromatic heterocycles. The van der Waals surface area contributed by atoms with E-state index in [1.165, 1.54) is 18.7 Å². The Morgan fingerprint density at radius 1 is 1.22 bits per heavy atom. The first-order chi connectivity index (χ1) is 11.0. The zero-order valence-corrected chi connectivity index (χ0v) is 13.0. The van der Waals surface area contributed by atoms with Crippen molar-refractivity contribution >= 4 is 5.82 Å². The van der Waals surface area contributed by atoms with Gasteiger partial charge in [-0.1, -0.05) is 30.3 Å². The summed E-state index contributed by atoms with van der Waals surface area (Å²) in [5.41, 5.74) is -0.369. The van der Waals surface area contributed by atoms with Gasteiger partial charge in [0, 0.05) is 27.1 Å². The third-order valence-electron chi connectivity index (χ3n) is 3.60. The summed E-state index contributed by atoms with van der Waals surface area (Å²) in [6.45, 7) is 0.115. The van der Waals surface area contributed by atoms with Crippen LogP contribution in [0.5, 0.6) is 0 Å². The fourth-order valence-corrected chi connectivity index (χ4v) is 2.32. The summed E-state index contributed by atoms with van der Waals surface area (Å²) in [4.78, 5) is 23.9. The molecule has 7 heteroatoms. The van der Waals surface area contributed by atoms with E-state index in [1.54, 1.807) is 0 Å². The lowest BCUT2D eigenvalue weighted by molar-refractivity contribution is 0.188. The molecule has 0 saturated heterocycles. The second-order valence-electron chi connectivity index (χ2n) is 5.27. The van der Waals surface area contributed by atoms with Gasteiger partial charge < -0.3 is 10.4 Å². The Hall–Kier alpha value is -2.85. The van der Waals surface area contributed by atoms with Gasteiger partial charge in [-0.3, -0.25) is 13.9 Å². The highest BCUT2D eigenvalue weighted by Crippen LogP contribution is 2.08. The highest BCUT2D eigenvalue weighted by molar-refractivity contribution is 5.51. The molecule has 0 aliphatic rings. The lowest BCUT2D eigenvalue weighted by Crippen LogP contribution is -2.40. The Morgan fingerprint density at radius 3 is 2.48 bits per heavy atom. The molecule has 0 amide bonds. The van der Waals surface area contributed by atoms with E-state index in [1.807, 2.05) is 36.4 Å². The highest BCUT2D eigenvalue weighted by atomic mass is 16.3. The average Bonchev–Trinajstić information content (AvgIpc) is 2.56.